The van der Waals surface area contributed by atoms with E-state index in [0.29, 0.717) is 36.1 Å². The molecule has 0 atom stereocenters. The maximum atomic E-state index is 14.9. The smallest absolute Gasteiger partial charge is 0.229 e. The van der Waals surface area contributed by atoms with Crippen molar-refractivity contribution in [2.24, 2.45) is 5.92 Å². The second-order valence-electron chi connectivity index (χ2n) is 9.47. The summed E-state index contributed by atoms with van der Waals surface area (Å²) in [7, 11) is 0. The number of aliphatic hydroxyl groups excluding tert-OH is 1. The van der Waals surface area contributed by atoms with Crippen LogP contribution in [0.1, 0.15) is 26.7 Å². The second kappa shape index (κ2) is 10.2. The van der Waals surface area contributed by atoms with Gasteiger partial charge in [0.2, 0.25) is 5.95 Å². The molecule has 5 rings (SSSR count). The fraction of sp³-hybridized carbons (Fsp3) is 0.423. The van der Waals surface area contributed by atoms with Gasteiger partial charge in [-0.05, 0) is 56.9 Å². The molecule has 2 aliphatic rings. The minimum absolute atomic E-state index is 0.00754. The van der Waals surface area contributed by atoms with Crippen molar-refractivity contribution >= 4 is 23.1 Å². The third kappa shape index (κ3) is 4.90. The van der Waals surface area contributed by atoms with Crippen LogP contribution < -0.4 is 19.9 Å². The van der Waals surface area contributed by atoms with E-state index in [1.165, 1.54) is 6.07 Å². The Morgan fingerprint density at radius 1 is 1.08 bits per heavy atom. The molecule has 2 aromatic heterocycles. The number of pyridine rings is 1. The molecule has 1 aromatic carbocycles. The molecule has 2 N–H and O–H groups in total. The number of halogens is 2. The lowest BCUT2D eigenvalue weighted by Crippen LogP contribution is -2.38. The molecule has 0 unspecified atom stereocenters. The Morgan fingerprint density at radius 3 is 2.58 bits per heavy atom. The lowest BCUT2D eigenvalue weighted by molar-refractivity contribution is 0.203. The van der Waals surface area contributed by atoms with E-state index in [-0.39, 0.29) is 30.0 Å². The molecule has 1 saturated heterocycles. The van der Waals surface area contributed by atoms with E-state index < -0.39 is 11.6 Å². The van der Waals surface area contributed by atoms with Crippen LogP contribution in [0.2, 0.25) is 0 Å². The summed E-state index contributed by atoms with van der Waals surface area (Å²) in [6, 6.07) is 6.85. The summed E-state index contributed by atoms with van der Waals surface area (Å²) in [6.45, 7) is 7.03. The van der Waals surface area contributed by atoms with Gasteiger partial charge in [-0.25, -0.2) is 23.7 Å². The Kier molecular flexibility index (Phi) is 6.86. The van der Waals surface area contributed by atoms with Crippen molar-refractivity contribution in [2.45, 2.75) is 32.7 Å². The number of aliphatic hydroxyl groups is 1. The normalized spacial score (nSPS) is 16.2. The standard InChI is InChI=1S/C26H30F2N6O2/c1-16(2)34-9-10-36-25-20(27)11-18(12-22(25)34)24-21(28)14-30-26(32-24)31-23-4-3-19(13-29-23)33-7-5-17(15-35)6-8-33/h3-4,11-14,16-17,35H,5-10,15H2,1-2H3,(H,29,30,31,32). The van der Waals surface area contributed by atoms with Crippen LogP contribution in [-0.4, -0.2) is 58.9 Å². The zero-order valence-corrected chi connectivity index (χ0v) is 20.4. The van der Waals surface area contributed by atoms with Crippen LogP contribution in [0.3, 0.4) is 0 Å². The molecule has 8 nitrogen and oxygen atoms in total. The largest absolute Gasteiger partial charge is 0.486 e. The van der Waals surface area contributed by atoms with Crippen LogP contribution in [0.15, 0.2) is 36.7 Å². The first kappa shape index (κ1) is 24.2. The van der Waals surface area contributed by atoms with Crippen LogP contribution in [-0.2, 0) is 0 Å². The third-order valence-corrected chi connectivity index (χ3v) is 6.78. The van der Waals surface area contributed by atoms with Crippen LogP contribution in [0, 0.1) is 17.6 Å². The quantitative estimate of drug-likeness (QED) is 0.520. The summed E-state index contributed by atoms with van der Waals surface area (Å²) in [5.41, 5.74) is 1.88. The average Bonchev–Trinajstić information content (AvgIpc) is 2.90. The monoisotopic (exact) mass is 496 g/mol. The highest BCUT2D eigenvalue weighted by atomic mass is 19.1. The van der Waals surface area contributed by atoms with Crippen molar-refractivity contribution in [3.05, 3.63) is 48.3 Å². The summed E-state index contributed by atoms with van der Waals surface area (Å²) < 4.78 is 35.2. The molecule has 4 heterocycles. The lowest BCUT2D eigenvalue weighted by atomic mass is 9.98. The summed E-state index contributed by atoms with van der Waals surface area (Å²) in [6.07, 6.45) is 4.74. The van der Waals surface area contributed by atoms with E-state index in [4.69, 9.17) is 4.74 Å². The third-order valence-electron chi connectivity index (χ3n) is 6.78. The Balaban J connectivity index is 1.36. The number of piperidine rings is 1. The van der Waals surface area contributed by atoms with E-state index in [1.54, 1.807) is 12.3 Å². The number of nitrogens with zero attached hydrogens (tertiary/aromatic N) is 5. The molecular formula is C26H30F2N6O2. The molecule has 2 aliphatic heterocycles. The number of aromatic nitrogens is 3. The van der Waals surface area contributed by atoms with Gasteiger partial charge in [-0.2, -0.15) is 0 Å². The molecule has 0 radical (unpaired) electrons. The summed E-state index contributed by atoms with van der Waals surface area (Å²) in [5, 5.41) is 12.3. The Hall–Kier alpha value is -3.53. The SMILES string of the molecule is CC(C)N1CCOc2c(F)cc(-c3nc(Nc4ccc(N5CCC(CO)CC5)cn4)ncc3F)cc21. The van der Waals surface area contributed by atoms with Gasteiger partial charge in [0.25, 0.3) is 0 Å². The summed E-state index contributed by atoms with van der Waals surface area (Å²) in [4.78, 5) is 17.1. The predicted octanol–water partition coefficient (Wildman–Crippen LogP) is 4.38. The van der Waals surface area contributed by atoms with E-state index in [9.17, 15) is 13.9 Å². The number of nitrogens with one attached hydrogen (secondary N) is 1. The van der Waals surface area contributed by atoms with Crippen LogP contribution >= 0.6 is 0 Å². The van der Waals surface area contributed by atoms with Gasteiger partial charge in [0, 0.05) is 31.3 Å². The van der Waals surface area contributed by atoms with Gasteiger partial charge in [-0.3, -0.25) is 0 Å². The van der Waals surface area contributed by atoms with Gasteiger partial charge in [0.1, 0.15) is 18.1 Å². The second-order valence-corrected chi connectivity index (χ2v) is 9.47. The molecule has 3 aromatic rings. The zero-order valence-electron chi connectivity index (χ0n) is 20.4. The lowest BCUT2D eigenvalue weighted by Gasteiger charge is -2.34. The van der Waals surface area contributed by atoms with Gasteiger partial charge >= 0.3 is 0 Å². The Labute approximate surface area is 209 Å². The average molecular weight is 497 g/mol. The fourth-order valence-electron chi connectivity index (χ4n) is 4.74. The van der Waals surface area contributed by atoms with Gasteiger partial charge < -0.3 is 25.0 Å². The highest BCUT2D eigenvalue weighted by molar-refractivity contribution is 5.73. The van der Waals surface area contributed by atoms with E-state index >= 15 is 0 Å². The highest BCUT2D eigenvalue weighted by Gasteiger charge is 2.26. The minimum atomic E-state index is -0.651. The Morgan fingerprint density at radius 2 is 1.89 bits per heavy atom. The number of benzene rings is 1. The van der Waals surface area contributed by atoms with E-state index in [1.807, 2.05) is 30.9 Å². The summed E-state index contributed by atoms with van der Waals surface area (Å²) >= 11 is 0. The molecular weight excluding hydrogens is 466 g/mol. The summed E-state index contributed by atoms with van der Waals surface area (Å²) in [5.74, 6) is 0.00643. The molecule has 0 amide bonds. The van der Waals surface area contributed by atoms with Gasteiger partial charge in [0.05, 0.1) is 30.3 Å². The van der Waals surface area contributed by atoms with Crippen molar-refractivity contribution in [2.75, 3.05) is 48.0 Å². The van der Waals surface area contributed by atoms with E-state index in [0.717, 1.165) is 37.8 Å². The van der Waals surface area contributed by atoms with Crippen molar-refractivity contribution in [1.29, 1.82) is 0 Å². The molecule has 0 aliphatic carbocycles. The fourth-order valence-corrected chi connectivity index (χ4v) is 4.74. The number of hydrogen-bond acceptors (Lipinski definition) is 8. The number of anilines is 4. The van der Waals surface area contributed by atoms with Gasteiger partial charge in [-0.1, -0.05) is 0 Å². The Bertz CT molecular complexity index is 1220. The molecule has 0 spiro atoms. The van der Waals surface area contributed by atoms with Crippen molar-refractivity contribution in [1.82, 2.24) is 15.0 Å². The number of rotatable bonds is 6. The molecule has 0 bridgehead atoms. The van der Waals surface area contributed by atoms with Crippen LogP contribution in [0.5, 0.6) is 5.75 Å². The molecule has 0 saturated carbocycles. The van der Waals surface area contributed by atoms with Crippen molar-refractivity contribution < 1.29 is 18.6 Å². The zero-order chi connectivity index (χ0) is 25.2. The molecule has 1 fully saturated rings. The number of hydrogen-bond donors (Lipinski definition) is 2. The maximum absolute atomic E-state index is 14.9. The first-order valence-corrected chi connectivity index (χ1v) is 12.3. The molecule has 36 heavy (non-hydrogen) atoms. The first-order valence-electron chi connectivity index (χ1n) is 12.3. The molecule has 10 heteroatoms. The molecule has 190 valence electrons. The van der Waals surface area contributed by atoms with Gasteiger partial charge in [-0.15, -0.1) is 0 Å². The predicted molar refractivity (Wildman–Crippen MR) is 135 cm³/mol. The van der Waals surface area contributed by atoms with E-state index in [2.05, 4.69) is 25.2 Å². The topological polar surface area (TPSA) is 86.6 Å². The highest BCUT2D eigenvalue weighted by Crippen LogP contribution is 2.39. The first-order chi connectivity index (χ1) is 17.4. The maximum Gasteiger partial charge on any atom is 0.229 e. The van der Waals surface area contributed by atoms with Gasteiger partial charge in [0.15, 0.2) is 17.4 Å². The van der Waals surface area contributed by atoms with Crippen LogP contribution in [0.4, 0.5) is 31.9 Å². The van der Waals surface area contributed by atoms with Crippen molar-refractivity contribution in [3.63, 3.8) is 0 Å². The number of fused-ring (bicyclic) bond motifs is 1. The van der Waals surface area contributed by atoms with Crippen LogP contribution in [0.25, 0.3) is 11.3 Å². The minimum Gasteiger partial charge on any atom is -0.486 e. The number of ether oxygens (including phenoxy) is 1. The van der Waals surface area contributed by atoms with Crippen molar-refractivity contribution in [3.8, 4) is 17.0 Å².